The molecule has 0 radical (unpaired) electrons. The van der Waals surface area contributed by atoms with E-state index in [0.29, 0.717) is 0 Å². The van der Waals surface area contributed by atoms with Gasteiger partial charge in [-0.25, -0.2) is 4.98 Å². The summed E-state index contributed by atoms with van der Waals surface area (Å²) in [6.45, 7) is 0. The van der Waals surface area contributed by atoms with Gasteiger partial charge in [-0.15, -0.1) is 0 Å². The molecule has 0 saturated heterocycles. The maximum Gasteiger partial charge on any atom is 0.134 e. The SMILES string of the molecule is [2H]c1nc(N)c([2H])c([2H])c1O. The van der Waals surface area contributed by atoms with E-state index < -0.39 is 18.0 Å². The minimum Gasteiger partial charge on any atom is -0.506 e. The van der Waals surface area contributed by atoms with Crippen LogP contribution >= 0.6 is 0 Å². The lowest BCUT2D eigenvalue weighted by Gasteiger charge is -1.88. The van der Waals surface area contributed by atoms with Crippen molar-refractivity contribution in [3.05, 3.63) is 18.3 Å². The smallest absolute Gasteiger partial charge is 0.134 e. The van der Waals surface area contributed by atoms with E-state index in [1.165, 1.54) is 0 Å². The molecular formula is C5H6N2O. The highest BCUT2D eigenvalue weighted by Gasteiger charge is 1.83. The molecule has 0 fully saturated rings. The Morgan fingerprint density at radius 1 is 1.75 bits per heavy atom. The number of nitrogen functional groups attached to an aromatic ring is 1. The molecule has 42 valence electrons. The van der Waals surface area contributed by atoms with Crippen molar-refractivity contribution >= 4 is 5.82 Å². The number of pyridine rings is 1. The molecule has 3 heteroatoms. The van der Waals surface area contributed by atoms with E-state index in [0.717, 1.165) is 0 Å². The van der Waals surface area contributed by atoms with Crippen LogP contribution in [0.25, 0.3) is 0 Å². The molecule has 0 aliphatic heterocycles. The average Bonchev–Trinajstić information content (AvgIpc) is 1.97. The first-order valence-corrected chi connectivity index (χ1v) is 1.96. The molecule has 1 rings (SSSR count). The Bertz CT molecular complexity index is 276. The van der Waals surface area contributed by atoms with E-state index in [9.17, 15) is 0 Å². The summed E-state index contributed by atoms with van der Waals surface area (Å²) >= 11 is 0. The van der Waals surface area contributed by atoms with Crippen LogP contribution in [0.5, 0.6) is 5.75 Å². The van der Waals surface area contributed by atoms with Crippen LogP contribution in [0, 0.1) is 0 Å². The molecule has 0 unspecified atom stereocenters. The van der Waals surface area contributed by atoms with Crippen LogP contribution in [0.15, 0.2) is 18.3 Å². The average molecular weight is 113 g/mol. The van der Waals surface area contributed by atoms with Crippen molar-refractivity contribution in [2.24, 2.45) is 0 Å². The predicted molar refractivity (Wildman–Crippen MR) is 30.3 cm³/mol. The van der Waals surface area contributed by atoms with Crippen LogP contribution in [-0.4, -0.2) is 10.1 Å². The number of aromatic nitrogens is 1. The number of nitrogens with two attached hydrogens (primary N) is 1. The third-order valence-corrected chi connectivity index (χ3v) is 0.591. The molecule has 8 heavy (non-hydrogen) atoms. The van der Waals surface area contributed by atoms with Gasteiger partial charge in [0.15, 0.2) is 0 Å². The largest absolute Gasteiger partial charge is 0.506 e. The summed E-state index contributed by atoms with van der Waals surface area (Å²) in [5, 5.41) is 8.90. The van der Waals surface area contributed by atoms with Gasteiger partial charge >= 0.3 is 0 Å². The van der Waals surface area contributed by atoms with E-state index in [2.05, 4.69) is 4.98 Å². The standard InChI is InChI=1S/C5H6N2O/c6-5-2-1-4(8)3-7-5/h1-3,8H,(H2,6,7)/i1D,2D,3D. The Morgan fingerprint density at radius 2 is 2.50 bits per heavy atom. The fourth-order valence-corrected chi connectivity index (χ4v) is 0.292. The number of hydrogen-bond acceptors (Lipinski definition) is 3. The third kappa shape index (κ3) is 0.872. The second kappa shape index (κ2) is 1.69. The molecular weight excluding hydrogens is 104 g/mol. The number of nitrogens with zero attached hydrogens (tertiary/aromatic N) is 1. The summed E-state index contributed by atoms with van der Waals surface area (Å²) < 4.78 is 21.1. The fourth-order valence-electron chi connectivity index (χ4n) is 0.292. The molecule has 0 aliphatic rings. The summed E-state index contributed by atoms with van der Waals surface area (Å²) in [4.78, 5) is 3.32. The molecule has 3 nitrogen and oxygen atoms in total. The van der Waals surface area contributed by atoms with E-state index >= 15 is 0 Å². The lowest BCUT2D eigenvalue weighted by atomic mass is 10.4. The second-order valence-corrected chi connectivity index (χ2v) is 1.21. The maximum absolute atomic E-state index is 8.90. The first kappa shape index (κ1) is 2.35. The van der Waals surface area contributed by atoms with Gasteiger partial charge in [-0.05, 0) is 12.1 Å². The summed E-state index contributed by atoms with van der Waals surface area (Å²) in [6.07, 6.45) is -0.469. The zero-order valence-corrected chi connectivity index (χ0v) is 3.97. The van der Waals surface area contributed by atoms with Crippen LogP contribution in [-0.2, 0) is 0 Å². The summed E-state index contributed by atoms with van der Waals surface area (Å²) in [6, 6.07) is -0.805. The fraction of sp³-hybridized carbons (Fsp3) is 0. The van der Waals surface area contributed by atoms with Crippen LogP contribution in [0.1, 0.15) is 4.11 Å². The summed E-state index contributed by atoms with van der Waals surface area (Å²) in [5.41, 5.74) is 5.14. The number of rotatable bonds is 0. The lowest BCUT2D eigenvalue weighted by molar-refractivity contribution is 0.473. The Kier molecular flexibility index (Phi) is 0.497. The van der Waals surface area contributed by atoms with Crippen LogP contribution in [0.3, 0.4) is 0 Å². The summed E-state index contributed by atoms with van der Waals surface area (Å²) in [7, 11) is 0. The minimum absolute atomic E-state index is 0.210. The van der Waals surface area contributed by atoms with Gasteiger partial charge in [0.05, 0.1) is 10.3 Å². The highest BCUT2D eigenvalue weighted by Crippen LogP contribution is 2.05. The molecule has 0 saturated carbocycles. The van der Waals surface area contributed by atoms with E-state index in [4.69, 9.17) is 15.0 Å². The molecule has 0 spiro atoms. The number of anilines is 1. The molecule has 0 aromatic carbocycles. The van der Waals surface area contributed by atoms with Crippen molar-refractivity contribution in [1.82, 2.24) is 4.98 Å². The monoisotopic (exact) mass is 113 g/mol. The van der Waals surface area contributed by atoms with Crippen molar-refractivity contribution in [3.8, 4) is 5.75 Å². The zero-order chi connectivity index (χ0) is 8.59. The first-order chi connectivity index (χ1) is 5.04. The molecule has 0 bridgehead atoms. The van der Waals surface area contributed by atoms with Crippen LogP contribution < -0.4 is 5.73 Å². The van der Waals surface area contributed by atoms with E-state index in [-0.39, 0.29) is 11.9 Å². The zero-order valence-electron chi connectivity index (χ0n) is 6.97. The Labute approximate surface area is 51.0 Å². The van der Waals surface area contributed by atoms with Crippen molar-refractivity contribution in [2.45, 2.75) is 0 Å². The number of aromatic hydroxyl groups is 1. The van der Waals surface area contributed by atoms with Gasteiger partial charge in [0.1, 0.15) is 11.6 Å². The highest BCUT2D eigenvalue weighted by molar-refractivity contribution is 5.31. The van der Waals surface area contributed by atoms with Gasteiger partial charge in [-0.2, -0.15) is 0 Å². The van der Waals surface area contributed by atoms with Crippen molar-refractivity contribution in [3.63, 3.8) is 0 Å². The topological polar surface area (TPSA) is 59.1 Å². The van der Waals surface area contributed by atoms with Crippen molar-refractivity contribution in [1.29, 1.82) is 0 Å². The normalized spacial score (nSPS) is 14.2. The second-order valence-electron chi connectivity index (χ2n) is 1.21. The maximum atomic E-state index is 8.90. The molecule has 0 atom stereocenters. The Morgan fingerprint density at radius 3 is 3.25 bits per heavy atom. The van der Waals surface area contributed by atoms with Crippen LogP contribution in [0.2, 0.25) is 0 Å². The molecule has 1 aromatic rings. The minimum atomic E-state index is -0.607. The molecule has 1 heterocycles. The highest BCUT2D eigenvalue weighted by atomic mass is 16.3. The molecule has 0 aliphatic carbocycles. The lowest BCUT2D eigenvalue weighted by Crippen LogP contribution is -1.85. The molecule has 1 aromatic heterocycles. The van der Waals surface area contributed by atoms with E-state index in [1.807, 2.05) is 0 Å². The first-order valence-electron chi connectivity index (χ1n) is 3.46. The van der Waals surface area contributed by atoms with Gasteiger partial charge in [-0.3, -0.25) is 0 Å². The van der Waals surface area contributed by atoms with E-state index in [1.54, 1.807) is 0 Å². The van der Waals surface area contributed by atoms with Crippen molar-refractivity contribution in [2.75, 3.05) is 5.73 Å². The number of hydrogen-bond donors (Lipinski definition) is 2. The Hall–Kier alpha value is -1.25. The predicted octanol–water partition coefficient (Wildman–Crippen LogP) is 0.369. The van der Waals surface area contributed by atoms with Gasteiger partial charge in [0.2, 0.25) is 0 Å². The van der Waals surface area contributed by atoms with Gasteiger partial charge in [0.25, 0.3) is 0 Å². The van der Waals surface area contributed by atoms with Gasteiger partial charge in [-0.1, -0.05) is 0 Å². The van der Waals surface area contributed by atoms with Crippen molar-refractivity contribution < 1.29 is 9.22 Å². The van der Waals surface area contributed by atoms with Gasteiger partial charge < -0.3 is 10.8 Å². The third-order valence-electron chi connectivity index (χ3n) is 0.591. The quantitative estimate of drug-likeness (QED) is 0.511. The van der Waals surface area contributed by atoms with Crippen LogP contribution in [0.4, 0.5) is 5.82 Å². The van der Waals surface area contributed by atoms with Gasteiger partial charge in [0, 0.05) is 0 Å². The molecule has 3 N–H and O–H groups in total. The summed E-state index contributed by atoms with van der Waals surface area (Å²) in [5.74, 6) is -0.818. The molecule has 0 amide bonds. The Balaban J connectivity index is 3.46.